The maximum atomic E-state index is 12.8. The van der Waals surface area contributed by atoms with Crippen molar-refractivity contribution in [1.82, 2.24) is 14.8 Å². The Labute approximate surface area is 212 Å². The number of hydrogen-bond acceptors (Lipinski definition) is 5. The van der Waals surface area contributed by atoms with Crippen LogP contribution in [0.15, 0.2) is 78.0 Å². The van der Waals surface area contributed by atoms with E-state index in [0.29, 0.717) is 33.3 Å². The summed E-state index contributed by atoms with van der Waals surface area (Å²) in [5.74, 6) is 0.566. The summed E-state index contributed by atoms with van der Waals surface area (Å²) in [4.78, 5) is 12.8. The SMILES string of the molecule is Cc1ccc(NCc2nnc(SC(C)C(=O)Nc3cccc(Cl)c3)n2-c2ccccc2)cc1Cl. The molecule has 0 fully saturated rings. The molecule has 9 heteroatoms. The van der Waals surface area contributed by atoms with Crippen molar-refractivity contribution in [3.63, 3.8) is 0 Å². The number of halogens is 2. The van der Waals surface area contributed by atoms with Gasteiger partial charge in [0.15, 0.2) is 11.0 Å². The molecule has 1 heterocycles. The van der Waals surface area contributed by atoms with E-state index >= 15 is 0 Å². The zero-order chi connectivity index (χ0) is 24.1. The van der Waals surface area contributed by atoms with Gasteiger partial charge in [0.25, 0.3) is 0 Å². The molecule has 0 bridgehead atoms. The lowest BCUT2D eigenvalue weighted by molar-refractivity contribution is -0.115. The molecule has 6 nitrogen and oxygen atoms in total. The van der Waals surface area contributed by atoms with E-state index in [2.05, 4.69) is 20.8 Å². The number of para-hydroxylation sites is 1. The zero-order valence-corrected chi connectivity index (χ0v) is 21.0. The molecule has 1 aromatic heterocycles. The summed E-state index contributed by atoms with van der Waals surface area (Å²) in [6.45, 7) is 4.23. The number of aryl methyl sites for hydroxylation is 1. The molecule has 0 saturated heterocycles. The Hall–Kier alpha value is -3.00. The van der Waals surface area contributed by atoms with Gasteiger partial charge in [-0.2, -0.15) is 0 Å². The third-order valence-corrected chi connectivity index (χ3v) is 6.77. The lowest BCUT2D eigenvalue weighted by Crippen LogP contribution is -2.23. The summed E-state index contributed by atoms with van der Waals surface area (Å²) in [5.41, 5.74) is 3.47. The average Bonchev–Trinajstić information content (AvgIpc) is 3.22. The largest absolute Gasteiger partial charge is 0.378 e. The van der Waals surface area contributed by atoms with E-state index in [-0.39, 0.29) is 5.91 Å². The van der Waals surface area contributed by atoms with Crippen molar-refractivity contribution in [2.45, 2.75) is 30.8 Å². The first kappa shape index (κ1) is 24.1. The van der Waals surface area contributed by atoms with Crippen molar-refractivity contribution < 1.29 is 4.79 Å². The van der Waals surface area contributed by atoms with Gasteiger partial charge in [-0.3, -0.25) is 9.36 Å². The van der Waals surface area contributed by atoms with Gasteiger partial charge in [-0.05, 0) is 61.9 Å². The van der Waals surface area contributed by atoms with Gasteiger partial charge in [-0.1, -0.05) is 65.3 Å². The number of amides is 1. The maximum Gasteiger partial charge on any atom is 0.237 e. The van der Waals surface area contributed by atoms with Crippen LogP contribution < -0.4 is 10.6 Å². The van der Waals surface area contributed by atoms with E-state index in [1.54, 1.807) is 24.3 Å². The van der Waals surface area contributed by atoms with E-state index in [1.165, 1.54) is 11.8 Å². The molecule has 0 aliphatic carbocycles. The molecule has 1 unspecified atom stereocenters. The predicted molar refractivity (Wildman–Crippen MR) is 140 cm³/mol. The van der Waals surface area contributed by atoms with Crippen LogP contribution in [0.4, 0.5) is 11.4 Å². The summed E-state index contributed by atoms with van der Waals surface area (Å²) < 4.78 is 1.95. The highest BCUT2D eigenvalue weighted by molar-refractivity contribution is 8.00. The summed E-state index contributed by atoms with van der Waals surface area (Å²) in [6.07, 6.45) is 0. The fraction of sp³-hybridized carbons (Fsp3) is 0.160. The van der Waals surface area contributed by atoms with Crippen molar-refractivity contribution in [2.75, 3.05) is 10.6 Å². The Morgan fingerprint density at radius 1 is 1.00 bits per heavy atom. The Kier molecular flexibility index (Phi) is 7.77. The van der Waals surface area contributed by atoms with Gasteiger partial charge >= 0.3 is 0 Å². The van der Waals surface area contributed by atoms with Crippen LogP contribution in [0.1, 0.15) is 18.3 Å². The quantitative estimate of drug-likeness (QED) is 0.260. The van der Waals surface area contributed by atoms with Crippen LogP contribution in [0.3, 0.4) is 0 Å². The molecule has 0 saturated carbocycles. The monoisotopic (exact) mass is 511 g/mol. The molecule has 0 spiro atoms. The van der Waals surface area contributed by atoms with Crippen LogP contribution in [-0.4, -0.2) is 25.9 Å². The van der Waals surface area contributed by atoms with E-state index < -0.39 is 5.25 Å². The number of hydrogen-bond donors (Lipinski definition) is 2. The summed E-state index contributed by atoms with van der Waals surface area (Å²) in [5, 5.41) is 16.5. The van der Waals surface area contributed by atoms with E-state index in [1.807, 2.05) is 66.9 Å². The Morgan fingerprint density at radius 3 is 2.53 bits per heavy atom. The highest BCUT2D eigenvalue weighted by atomic mass is 35.5. The molecule has 4 rings (SSSR count). The minimum absolute atomic E-state index is 0.149. The molecular weight excluding hydrogens is 489 g/mol. The molecule has 174 valence electrons. The van der Waals surface area contributed by atoms with Crippen molar-refractivity contribution in [1.29, 1.82) is 0 Å². The number of aromatic nitrogens is 3. The molecule has 3 aromatic carbocycles. The van der Waals surface area contributed by atoms with Gasteiger partial charge in [0, 0.05) is 27.1 Å². The Morgan fingerprint density at radius 2 is 1.79 bits per heavy atom. The summed E-state index contributed by atoms with van der Waals surface area (Å²) >= 11 is 13.6. The van der Waals surface area contributed by atoms with Crippen LogP contribution in [0.2, 0.25) is 10.0 Å². The van der Waals surface area contributed by atoms with Crippen molar-refractivity contribution >= 4 is 52.2 Å². The molecule has 1 amide bonds. The van der Waals surface area contributed by atoms with Crippen LogP contribution in [0.5, 0.6) is 0 Å². The highest BCUT2D eigenvalue weighted by Gasteiger charge is 2.21. The van der Waals surface area contributed by atoms with Crippen molar-refractivity contribution in [2.24, 2.45) is 0 Å². The fourth-order valence-corrected chi connectivity index (χ4v) is 4.49. The van der Waals surface area contributed by atoms with Gasteiger partial charge in [-0.15, -0.1) is 10.2 Å². The number of thioether (sulfide) groups is 1. The van der Waals surface area contributed by atoms with Gasteiger partial charge in [0.1, 0.15) is 0 Å². The molecule has 4 aromatic rings. The molecule has 2 N–H and O–H groups in total. The van der Waals surface area contributed by atoms with E-state index in [0.717, 1.165) is 16.9 Å². The number of rotatable bonds is 8. The normalized spacial score (nSPS) is 11.8. The standard InChI is InChI=1S/C25H23Cl2N5OS/c1-16-11-12-19(14-22(16)27)28-15-23-30-31-25(32(23)21-9-4-3-5-10-21)34-17(2)24(33)29-20-8-6-7-18(26)13-20/h3-14,17,28H,15H2,1-2H3,(H,29,33). The van der Waals surface area contributed by atoms with Gasteiger partial charge in [-0.25, -0.2) is 0 Å². The first-order valence-corrected chi connectivity index (χ1v) is 12.3. The highest BCUT2D eigenvalue weighted by Crippen LogP contribution is 2.28. The smallest absolute Gasteiger partial charge is 0.237 e. The number of benzene rings is 3. The average molecular weight is 512 g/mol. The van der Waals surface area contributed by atoms with Crippen molar-refractivity contribution in [3.8, 4) is 5.69 Å². The molecule has 34 heavy (non-hydrogen) atoms. The fourth-order valence-electron chi connectivity index (χ4n) is 3.23. The number of carbonyl (C=O) groups excluding carboxylic acids is 1. The van der Waals surface area contributed by atoms with Crippen LogP contribution in [-0.2, 0) is 11.3 Å². The predicted octanol–water partition coefficient (Wildman–Crippen LogP) is 6.61. The van der Waals surface area contributed by atoms with Gasteiger partial charge < -0.3 is 10.6 Å². The third kappa shape index (κ3) is 5.91. The number of anilines is 2. The van der Waals surface area contributed by atoms with Gasteiger partial charge in [0.05, 0.1) is 11.8 Å². The summed E-state index contributed by atoms with van der Waals surface area (Å²) in [7, 11) is 0. The third-order valence-electron chi connectivity index (χ3n) is 5.08. The molecule has 1 atom stereocenters. The molecular formula is C25H23Cl2N5OS. The molecule has 0 aliphatic rings. The van der Waals surface area contributed by atoms with E-state index in [4.69, 9.17) is 23.2 Å². The van der Waals surface area contributed by atoms with Crippen LogP contribution in [0, 0.1) is 6.92 Å². The maximum absolute atomic E-state index is 12.8. The molecule has 0 radical (unpaired) electrons. The van der Waals surface area contributed by atoms with Crippen LogP contribution in [0.25, 0.3) is 5.69 Å². The van der Waals surface area contributed by atoms with Crippen molar-refractivity contribution in [3.05, 3.63) is 94.2 Å². The second-order valence-electron chi connectivity index (χ2n) is 7.65. The lowest BCUT2D eigenvalue weighted by Gasteiger charge is -2.14. The second kappa shape index (κ2) is 11.0. The second-order valence-corrected chi connectivity index (χ2v) is 9.80. The van der Waals surface area contributed by atoms with Gasteiger partial charge in [0.2, 0.25) is 5.91 Å². The topological polar surface area (TPSA) is 71.8 Å². The number of nitrogens with one attached hydrogen (secondary N) is 2. The number of carbonyl (C=O) groups is 1. The molecule has 0 aliphatic heterocycles. The number of nitrogens with zero attached hydrogens (tertiary/aromatic N) is 3. The zero-order valence-electron chi connectivity index (χ0n) is 18.6. The lowest BCUT2D eigenvalue weighted by atomic mass is 10.2. The minimum atomic E-state index is -0.414. The summed E-state index contributed by atoms with van der Waals surface area (Å²) in [6, 6.07) is 22.7. The van der Waals surface area contributed by atoms with E-state index in [9.17, 15) is 4.79 Å². The van der Waals surface area contributed by atoms with Crippen LogP contribution >= 0.6 is 35.0 Å². The Balaban J connectivity index is 1.54. The first-order chi connectivity index (χ1) is 16.4. The first-order valence-electron chi connectivity index (χ1n) is 10.6. The minimum Gasteiger partial charge on any atom is -0.378 e. The Bertz CT molecular complexity index is 1300.